The molecule has 4 unspecified atom stereocenters. The van der Waals surface area contributed by atoms with Gasteiger partial charge < -0.3 is 4.90 Å². The molecule has 1 aliphatic heterocycles. The third-order valence-electron chi connectivity index (χ3n) is 8.19. The molecule has 0 bridgehead atoms. The maximum Gasteiger partial charge on any atom is 0.222 e. The second-order valence-electron chi connectivity index (χ2n) is 9.53. The molecule has 27 heavy (non-hydrogen) atoms. The van der Waals surface area contributed by atoms with Crippen LogP contribution in [0.2, 0.25) is 0 Å². The molecule has 0 spiro atoms. The van der Waals surface area contributed by atoms with Gasteiger partial charge >= 0.3 is 0 Å². The summed E-state index contributed by atoms with van der Waals surface area (Å²) in [6.07, 6.45) is 6.52. The highest BCUT2D eigenvalue weighted by Crippen LogP contribution is 2.61. The van der Waals surface area contributed by atoms with Crippen LogP contribution in [0.25, 0.3) is 0 Å². The van der Waals surface area contributed by atoms with E-state index in [2.05, 4.69) is 50.1 Å². The lowest BCUT2D eigenvalue weighted by Crippen LogP contribution is -2.59. The molecule has 0 radical (unpaired) electrons. The normalized spacial score (nSPS) is 35.6. The van der Waals surface area contributed by atoms with Crippen molar-refractivity contribution in [3.05, 3.63) is 12.4 Å². The third-order valence-corrected chi connectivity index (χ3v) is 8.19. The van der Waals surface area contributed by atoms with E-state index < -0.39 is 6.17 Å². The summed E-state index contributed by atoms with van der Waals surface area (Å²) in [4.78, 5) is 16.3. The van der Waals surface area contributed by atoms with E-state index in [1.807, 2.05) is 13.1 Å². The van der Waals surface area contributed by atoms with Gasteiger partial charge in [-0.15, -0.1) is 5.10 Å². The fraction of sp³-hybridized carbons (Fsp3) is 0.850. The van der Waals surface area contributed by atoms with Crippen molar-refractivity contribution in [2.75, 3.05) is 18.6 Å². The summed E-state index contributed by atoms with van der Waals surface area (Å²) in [5, 5.41) is 10.3. The Labute approximate surface area is 162 Å². The van der Waals surface area contributed by atoms with E-state index in [-0.39, 0.29) is 34.9 Å². The zero-order valence-corrected chi connectivity index (χ0v) is 17.6. The fourth-order valence-electron chi connectivity index (χ4n) is 5.23. The molecular weight excluding hydrogens is 345 g/mol. The number of carbonyl (C=O) groups is 1. The predicted molar refractivity (Wildman–Crippen MR) is 104 cm³/mol. The van der Waals surface area contributed by atoms with Crippen LogP contribution in [-0.2, 0) is 4.79 Å². The molecule has 0 aromatic carbocycles. The average Bonchev–Trinajstić information content (AvgIpc) is 3.29. The summed E-state index contributed by atoms with van der Waals surface area (Å²) in [5.74, 6) is 0.0953. The van der Waals surface area contributed by atoms with Crippen LogP contribution < -0.4 is 5.01 Å². The number of nitrogens with zero attached hydrogens (tertiary/aromatic N) is 5. The van der Waals surface area contributed by atoms with Crippen molar-refractivity contribution in [2.45, 2.75) is 84.5 Å². The van der Waals surface area contributed by atoms with E-state index in [1.54, 1.807) is 15.9 Å². The quantitative estimate of drug-likeness (QED) is 0.789. The van der Waals surface area contributed by atoms with Crippen LogP contribution in [0.1, 0.15) is 66.7 Å². The monoisotopic (exact) mass is 379 g/mol. The molecule has 1 saturated carbocycles. The molecule has 1 aromatic rings. The van der Waals surface area contributed by atoms with Crippen molar-refractivity contribution in [1.82, 2.24) is 20.0 Å². The van der Waals surface area contributed by atoms with Gasteiger partial charge in [0.1, 0.15) is 6.17 Å². The number of hydrogen-bond donors (Lipinski definition) is 0. The summed E-state index contributed by atoms with van der Waals surface area (Å²) in [6, 6.07) is 0.0145. The van der Waals surface area contributed by atoms with E-state index in [4.69, 9.17) is 0 Å². The lowest BCUT2D eigenvalue weighted by molar-refractivity contribution is -0.133. The molecule has 1 aliphatic carbocycles. The van der Waals surface area contributed by atoms with Crippen LogP contribution in [0.15, 0.2) is 12.4 Å². The minimum atomic E-state index is -0.873. The van der Waals surface area contributed by atoms with Gasteiger partial charge in [0.2, 0.25) is 5.91 Å². The first-order valence-electron chi connectivity index (χ1n) is 10.1. The summed E-state index contributed by atoms with van der Waals surface area (Å²) in [6.45, 7) is 11.4. The highest BCUT2D eigenvalue weighted by atomic mass is 19.1. The Balaban J connectivity index is 1.71. The van der Waals surface area contributed by atoms with Crippen molar-refractivity contribution in [3.8, 4) is 0 Å². The van der Waals surface area contributed by atoms with Crippen molar-refractivity contribution < 1.29 is 9.18 Å². The van der Waals surface area contributed by atoms with Gasteiger partial charge in [-0.1, -0.05) is 20.8 Å². The summed E-state index contributed by atoms with van der Waals surface area (Å²) in [5.41, 5.74) is -0.131. The second-order valence-corrected chi connectivity index (χ2v) is 9.53. The van der Waals surface area contributed by atoms with Gasteiger partial charge in [0.15, 0.2) is 0 Å². The van der Waals surface area contributed by atoms with Crippen LogP contribution in [0.4, 0.5) is 4.39 Å². The minimum Gasteiger partial charge on any atom is -0.337 e. The van der Waals surface area contributed by atoms with E-state index in [1.165, 1.54) is 0 Å². The molecule has 7 heteroatoms. The topological polar surface area (TPSA) is 54.3 Å². The molecule has 6 nitrogen and oxygen atoms in total. The first-order chi connectivity index (χ1) is 12.5. The number of alkyl halides is 1. The number of rotatable bonds is 5. The number of hydrogen-bond acceptors (Lipinski definition) is 4. The minimum absolute atomic E-state index is 0.0145. The summed E-state index contributed by atoms with van der Waals surface area (Å²) >= 11 is 0. The van der Waals surface area contributed by atoms with Crippen LogP contribution in [-0.4, -0.2) is 57.3 Å². The first kappa shape index (κ1) is 20.1. The van der Waals surface area contributed by atoms with Crippen LogP contribution in [0.3, 0.4) is 0 Å². The number of halogens is 1. The Bertz CT molecular complexity index is 678. The Kier molecular flexibility index (Phi) is 5.02. The van der Waals surface area contributed by atoms with Gasteiger partial charge in [-0.05, 0) is 49.2 Å². The van der Waals surface area contributed by atoms with E-state index in [9.17, 15) is 9.18 Å². The number of amides is 1. The van der Waals surface area contributed by atoms with Crippen molar-refractivity contribution in [2.24, 2.45) is 10.8 Å². The average molecular weight is 380 g/mol. The lowest BCUT2D eigenvalue weighted by atomic mass is 9.61. The number of likely N-dealkylation sites (tertiary alicyclic amines) is 1. The molecule has 3 rings (SSSR count). The van der Waals surface area contributed by atoms with E-state index in [0.29, 0.717) is 12.8 Å². The Morgan fingerprint density at radius 1 is 1.30 bits per heavy atom. The molecule has 1 saturated heterocycles. The number of aromatic nitrogens is 3. The molecule has 2 heterocycles. The highest BCUT2D eigenvalue weighted by Gasteiger charge is 2.60. The van der Waals surface area contributed by atoms with Gasteiger partial charge in [-0.3, -0.25) is 9.80 Å². The second kappa shape index (κ2) is 6.74. The smallest absolute Gasteiger partial charge is 0.222 e. The van der Waals surface area contributed by atoms with E-state index in [0.717, 1.165) is 19.3 Å². The van der Waals surface area contributed by atoms with Crippen molar-refractivity contribution >= 4 is 5.91 Å². The highest BCUT2D eigenvalue weighted by molar-refractivity contribution is 5.77. The van der Waals surface area contributed by atoms with Crippen LogP contribution >= 0.6 is 0 Å². The Hall–Kier alpha value is -1.66. The summed E-state index contributed by atoms with van der Waals surface area (Å²) in [7, 11) is 2.06. The SMILES string of the molecule is CC1CC(F)CN1C(=O)CCC1(C)CCC(C)(N(C)n2ccnn2)C1(C)C. The largest absolute Gasteiger partial charge is 0.337 e. The maximum absolute atomic E-state index is 13.6. The molecule has 152 valence electrons. The standard InChI is InChI=1S/C20H34FN5O/c1-15-13-16(21)14-25(15)17(27)7-8-19(4)9-10-20(5,18(19,2)3)24(6)26-12-11-22-23-26/h11-12,15-16H,7-10,13-14H2,1-6H3. The van der Waals surface area contributed by atoms with Gasteiger partial charge in [-0.25, -0.2) is 4.39 Å². The molecular formula is C20H34FN5O. The molecule has 1 amide bonds. The molecule has 2 aliphatic rings. The summed E-state index contributed by atoms with van der Waals surface area (Å²) < 4.78 is 13.6. The first-order valence-corrected chi connectivity index (χ1v) is 10.1. The molecule has 2 fully saturated rings. The Morgan fingerprint density at radius 3 is 2.56 bits per heavy atom. The molecule has 1 aromatic heterocycles. The predicted octanol–water partition coefficient (Wildman–Crippen LogP) is 3.17. The third kappa shape index (κ3) is 3.13. The number of carbonyl (C=O) groups excluding carboxylic acids is 1. The lowest BCUT2D eigenvalue weighted by Gasteiger charge is -2.51. The van der Waals surface area contributed by atoms with Gasteiger partial charge in [0.25, 0.3) is 0 Å². The Morgan fingerprint density at radius 2 is 2.00 bits per heavy atom. The zero-order chi connectivity index (χ0) is 20.0. The molecule has 4 atom stereocenters. The van der Waals surface area contributed by atoms with Crippen molar-refractivity contribution in [3.63, 3.8) is 0 Å². The fourth-order valence-corrected chi connectivity index (χ4v) is 5.23. The van der Waals surface area contributed by atoms with Crippen LogP contribution in [0.5, 0.6) is 0 Å². The van der Waals surface area contributed by atoms with E-state index >= 15 is 0 Å². The van der Waals surface area contributed by atoms with Crippen molar-refractivity contribution in [1.29, 1.82) is 0 Å². The van der Waals surface area contributed by atoms with Crippen LogP contribution in [0, 0.1) is 10.8 Å². The van der Waals surface area contributed by atoms with Gasteiger partial charge in [-0.2, -0.15) is 4.79 Å². The maximum atomic E-state index is 13.6. The van der Waals surface area contributed by atoms with Gasteiger partial charge in [0, 0.05) is 25.9 Å². The van der Waals surface area contributed by atoms with Gasteiger partial charge in [0.05, 0.1) is 24.5 Å². The molecule has 0 N–H and O–H groups in total. The zero-order valence-electron chi connectivity index (χ0n) is 17.6.